The lowest BCUT2D eigenvalue weighted by molar-refractivity contribution is 0.0889. The van der Waals surface area contributed by atoms with Crippen molar-refractivity contribution in [2.24, 2.45) is 5.73 Å². The Bertz CT molecular complexity index is 777. The SMILES string of the molecule is Cc1nc(C(N)C2CCCO2)c2nc(-c3ccccc3)cc-2[nH]1. The van der Waals surface area contributed by atoms with Crippen LogP contribution >= 0.6 is 0 Å². The number of H-pyrrole nitrogens is 1. The second-order valence-corrected chi connectivity index (χ2v) is 6.05. The Hall–Kier alpha value is -2.24. The standard InChI is InChI=1S/C18H20N4O/c1-11-20-14-10-13(12-6-3-2-4-7-12)22-17(14)18(21-11)16(19)15-8-5-9-23-15/h2-4,6-7,10,15-16H,5,8-9,19H2,1H3,(H,20,21). The van der Waals surface area contributed by atoms with Gasteiger partial charge in [-0.1, -0.05) is 30.3 Å². The summed E-state index contributed by atoms with van der Waals surface area (Å²) in [5, 5.41) is 0. The number of nitrogens with two attached hydrogens (primary N) is 1. The molecule has 1 aromatic rings. The van der Waals surface area contributed by atoms with Gasteiger partial charge in [0.2, 0.25) is 0 Å². The van der Waals surface area contributed by atoms with Gasteiger partial charge in [0, 0.05) is 12.2 Å². The Labute approximate surface area is 135 Å². The van der Waals surface area contributed by atoms with E-state index in [1.165, 1.54) is 0 Å². The maximum absolute atomic E-state index is 6.44. The van der Waals surface area contributed by atoms with Crippen molar-refractivity contribution in [2.45, 2.75) is 31.9 Å². The molecule has 3 heterocycles. The average Bonchev–Trinajstić information content (AvgIpc) is 3.23. The van der Waals surface area contributed by atoms with Crippen LogP contribution in [0.5, 0.6) is 0 Å². The number of nitrogens with one attached hydrogen (secondary N) is 1. The molecular formula is C18H20N4O. The maximum atomic E-state index is 6.44. The number of fused-ring (bicyclic) bond motifs is 1. The van der Waals surface area contributed by atoms with Gasteiger partial charge in [0.05, 0.1) is 29.2 Å². The lowest BCUT2D eigenvalue weighted by Crippen LogP contribution is -2.27. The van der Waals surface area contributed by atoms with Crippen LogP contribution in [0.25, 0.3) is 22.6 Å². The van der Waals surface area contributed by atoms with Crippen LogP contribution in [0, 0.1) is 6.92 Å². The number of aryl methyl sites for hydroxylation is 1. The Balaban J connectivity index is 1.80. The van der Waals surface area contributed by atoms with E-state index in [0.29, 0.717) is 0 Å². The van der Waals surface area contributed by atoms with Crippen LogP contribution in [0.2, 0.25) is 0 Å². The normalized spacial score (nSPS) is 19.3. The highest BCUT2D eigenvalue weighted by Crippen LogP contribution is 2.34. The summed E-state index contributed by atoms with van der Waals surface area (Å²) in [5.74, 6) is 0.841. The van der Waals surface area contributed by atoms with E-state index in [1.54, 1.807) is 0 Å². The van der Waals surface area contributed by atoms with E-state index in [9.17, 15) is 0 Å². The second-order valence-electron chi connectivity index (χ2n) is 6.05. The molecule has 0 radical (unpaired) electrons. The van der Waals surface area contributed by atoms with E-state index in [1.807, 2.05) is 25.1 Å². The van der Waals surface area contributed by atoms with Crippen molar-refractivity contribution in [3.63, 3.8) is 0 Å². The first kappa shape index (κ1) is 14.4. The van der Waals surface area contributed by atoms with Crippen LogP contribution in [0.1, 0.15) is 30.4 Å². The minimum Gasteiger partial charge on any atom is -0.376 e. The summed E-state index contributed by atoms with van der Waals surface area (Å²) in [6.45, 7) is 2.73. The lowest BCUT2D eigenvalue weighted by Gasteiger charge is -2.20. The van der Waals surface area contributed by atoms with Gasteiger partial charge in [0.15, 0.2) is 0 Å². The van der Waals surface area contributed by atoms with Crippen molar-refractivity contribution in [3.05, 3.63) is 47.9 Å². The zero-order valence-electron chi connectivity index (χ0n) is 13.1. The van der Waals surface area contributed by atoms with E-state index < -0.39 is 0 Å². The topological polar surface area (TPSA) is 76.8 Å². The summed E-state index contributed by atoms with van der Waals surface area (Å²) in [6, 6.07) is 12.0. The molecule has 3 aliphatic rings. The van der Waals surface area contributed by atoms with E-state index in [2.05, 4.69) is 28.2 Å². The van der Waals surface area contributed by atoms with Gasteiger partial charge in [-0.05, 0) is 25.8 Å². The summed E-state index contributed by atoms with van der Waals surface area (Å²) in [6.07, 6.45) is 2.07. The Morgan fingerprint density at radius 1 is 1.26 bits per heavy atom. The number of aromatic nitrogens is 3. The summed E-state index contributed by atoms with van der Waals surface area (Å²) < 4.78 is 5.75. The molecule has 2 unspecified atom stereocenters. The quantitative estimate of drug-likeness (QED) is 0.779. The van der Waals surface area contributed by atoms with Crippen LogP contribution in [-0.2, 0) is 4.74 Å². The fourth-order valence-corrected chi connectivity index (χ4v) is 3.22. The van der Waals surface area contributed by atoms with Crippen molar-refractivity contribution in [1.29, 1.82) is 0 Å². The van der Waals surface area contributed by atoms with Crippen molar-refractivity contribution >= 4 is 0 Å². The number of hydrogen-bond donors (Lipinski definition) is 2. The van der Waals surface area contributed by atoms with Crippen LogP contribution in [0.3, 0.4) is 0 Å². The first-order valence-electron chi connectivity index (χ1n) is 8.02. The van der Waals surface area contributed by atoms with E-state index in [-0.39, 0.29) is 12.1 Å². The zero-order valence-corrected chi connectivity index (χ0v) is 13.1. The molecule has 0 aromatic heterocycles. The Morgan fingerprint density at radius 2 is 2.09 bits per heavy atom. The summed E-state index contributed by atoms with van der Waals surface area (Å²) >= 11 is 0. The Kier molecular flexibility index (Phi) is 3.59. The van der Waals surface area contributed by atoms with Gasteiger partial charge in [-0.2, -0.15) is 0 Å². The maximum Gasteiger partial charge on any atom is 0.111 e. The number of hydrogen-bond acceptors (Lipinski definition) is 4. The van der Waals surface area contributed by atoms with E-state index >= 15 is 0 Å². The highest BCUT2D eigenvalue weighted by atomic mass is 16.5. The van der Waals surface area contributed by atoms with Gasteiger partial charge in [-0.3, -0.25) is 0 Å². The second kappa shape index (κ2) is 5.76. The zero-order chi connectivity index (χ0) is 15.8. The van der Waals surface area contributed by atoms with Gasteiger partial charge in [-0.25, -0.2) is 9.97 Å². The third-order valence-corrected chi connectivity index (χ3v) is 4.37. The number of benzene rings is 1. The summed E-state index contributed by atoms with van der Waals surface area (Å²) in [4.78, 5) is 12.7. The highest BCUT2D eigenvalue weighted by Gasteiger charge is 2.29. The van der Waals surface area contributed by atoms with Gasteiger partial charge in [-0.15, -0.1) is 0 Å². The molecular weight excluding hydrogens is 288 g/mol. The monoisotopic (exact) mass is 308 g/mol. The predicted molar refractivity (Wildman–Crippen MR) is 89.1 cm³/mol. The predicted octanol–water partition coefficient (Wildman–Crippen LogP) is 3.06. The average molecular weight is 308 g/mol. The number of nitrogens with zero attached hydrogens (tertiary/aromatic N) is 2. The molecule has 3 N–H and O–H groups in total. The molecule has 5 heteroatoms. The molecule has 1 saturated heterocycles. The molecule has 0 spiro atoms. The molecule has 3 aliphatic heterocycles. The van der Waals surface area contributed by atoms with Crippen molar-refractivity contribution in [3.8, 4) is 22.6 Å². The molecule has 0 aliphatic carbocycles. The number of rotatable bonds is 3. The largest absolute Gasteiger partial charge is 0.376 e. The van der Waals surface area contributed by atoms with Crippen molar-refractivity contribution in [1.82, 2.24) is 15.0 Å². The van der Waals surface area contributed by atoms with Crippen molar-refractivity contribution < 1.29 is 4.74 Å². The van der Waals surface area contributed by atoms with Crippen LogP contribution in [0.4, 0.5) is 0 Å². The molecule has 1 fully saturated rings. The molecule has 0 amide bonds. The smallest absolute Gasteiger partial charge is 0.111 e. The van der Waals surface area contributed by atoms with E-state index in [4.69, 9.17) is 15.5 Å². The Morgan fingerprint density at radius 3 is 2.83 bits per heavy atom. The molecule has 0 bridgehead atoms. The van der Waals surface area contributed by atoms with E-state index in [0.717, 1.165) is 53.6 Å². The molecule has 118 valence electrons. The van der Waals surface area contributed by atoms with Gasteiger partial charge in [0.1, 0.15) is 11.5 Å². The third kappa shape index (κ3) is 2.62. The molecule has 4 rings (SSSR count). The number of ether oxygens (including phenoxy) is 1. The summed E-state index contributed by atoms with van der Waals surface area (Å²) in [5.41, 5.74) is 11.1. The van der Waals surface area contributed by atoms with Crippen LogP contribution in [0.15, 0.2) is 36.4 Å². The first-order chi connectivity index (χ1) is 11.2. The van der Waals surface area contributed by atoms with Crippen LogP contribution in [-0.4, -0.2) is 27.7 Å². The molecule has 1 aromatic carbocycles. The lowest BCUT2D eigenvalue weighted by atomic mass is 10.0. The highest BCUT2D eigenvalue weighted by molar-refractivity contribution is 5.72. The number of aromatic amines is 1. The fourth-order valence-electron chi connectivity index (χ4n) is 3.22. The first-order valence-corrected chi connectivity index (χ1v) is 8.02. The van der Waals surface area contributed by atoms with Crippen molar-refractivity contribution in [2.75, 3.05) is 6.61 Å². The fraction of sp³-hybridized carbons (Fsp3) is 0.333. The molecule has 0 saturated carbocycles. The van der Waals surface area contributed by atoms with Gasteiger partial charge in [0.25, 0.3) is 0 Å². The molecule has 5 nitrogen and oxygen atoms in total. The van der Waals surface area contributed by atoms with Gasteiger partial charge >= 0.3 is 0 Å². The van der Waals surface area contributed by atoms with Crippen LogP contribution < -0.4 is 5.73 Å². The van der Waals surface area contributed by atoms with Gasteiger partial charge < -0.3 is 15.5 Å². The molecule has 23 heavy (non-hydrogen) atoms. The minimum atomic E-state index is -0.244. The molecule has 2 atom stereocenters. The summed E-state index contributed by atoms with van der Waals surface area (Å²) in [7, 11) is 0. The third-order valence-electron chi connectivity index (χ3n) is 4.37. The minimum absolute atomic E-state index is 0.0318.